The number of hydrogen-bond donors (Lipinski definition) is 1. The monoisotopic (exact) mass is 272 g/mol. The Hall–Kier alpha value is -1.81. The van der Waals surface area contributed by atoms with E-state index < -0.39 is 0 Å². The predicted octanol–water partition coefficient (Wildman–Crippen LogP) is 2.65. The summed E-state index contributed by atoms with van der Waals surface area (Å²) in [7, 11) is 6.07. The summed E-state index contributed by atoms with van der Waals surface area (Å²) < 4.78 is 2.12. The SMILES string of the molecule is Cc1cccc([C@@H](C)NCc2cnc(N(C)C)n2C)c1. The average Bonchev–Trinajstić information content (AvgIpc) is 2.77. The molecule has 0 fully saturated rings. The minimum absolute atomic E-state index is 0.326. The lowest BCUT2D eigenvalue weighted by Gasteiger charge is -2.16. The van der Waals surface area contributed by atoms with Crippen molar-refractivity contribution in [1.82, 2.24) is 14.9 Å². The Morgan fingerprint density at radius 3 is 2.70 bits per heavy atom. The van der Waals surface area contributed by atoms with Gasteiger partial charge in [-0.15, -0.1) is 0 Å². The van der Waals surface area contributed by atoms with Crippen molar-refractivity contribution in [2.45, 2.75) is 26.4 Å². The van der Waals surface area contributed by atoms with E-state index in [-0.39, 0.29) is 0 Å². The number of rotatable bonds is 5. The lowest BCUT2D eigenvalue weighted by Crippen LogP contribution is -2.21. The molecule has 2 rings (SSSR count). The van der Waals surface area contributed by atoms with Crippen LogP contribution >= 0.6 is 0 Å². The first kappa shape index (κ1) is 14.6. The summed E-state index contributed by atoms with van der Waals surface area (Å²) in [5.74, 6) is 0.977. The van der Waals surface area contributed by atoms with Crippen molar-refractivity contribution in [2.24, 2.45) is 7.05 Å². The highest BCUT2D eigenvalue weighted by Crippen LogP contribution is 2.16. The van der Waals surface area contributed by atoms with Gasteiger partial charge >= 0.3 is 0 Å². The van der Waals surface area contributed by atoms with E-state index in [2.05, 4.69) is 60.0 Å². The number of imidazole rings is 1. The fourth-order valence-corrected chi connectivity index (χ4v) is 2.33. The summed E-state index contributed by atoms with van der Waals surface area (Å²) in [6.07, 6.45) is 1.94. The van der Waals surface area contributed by atoms with Crippen LogP contribution in [0.1, 0.15) is 29.8 Å². The van der Waals surface area contributed by atoms with Gasteiger partial charge in [0.15, 0.2) is 0 Å². The maximum Gasteiger partial charge on any atom is 0.204 e. The largest absolute Gasteiger partial charge is 0.348 e. The Bertz CT molecular complexity index is 572. The molecule has 0 bridgehead atoms. The first-order chi connectivity index (χ1) is 9.49. The lowest BCUT2D eigenvalue weighted by molar-refractivity contribution is 0.557. The fourth-order valence-electron chi connectivity index (χ4n) is 2.33. The Morgan fingerprint density at radius 1 is 1.35 bits per heavy atom. The van der Waals surface area contributed by atoms with Crippen LogP contribution in [0.15, 0.2) is 30.5 Å². The minimum Gasteiger partial charge on any atom is -0.348 e. The molecular formula is C16H24N4. The van der Waals surface area contributed by atoms with Crippen molar-refractivity contribution in [2.75, 3.05) is 19.0 Å². The second kappa shape index (κ2) is 6.09. The number of anilines is 1. The van der Waals surface area contributed by atoms with Crippen molar-refractivity contribution in [3.8, 4) is 0 Å². The van der Waals surface area contributed by atoms with Crippen LogP contribution in [0.4, 0.5) is 5.95 Å². The maximum absolute atomic E-state index is 4.43. The smallest absolute Gasteiger partial charge is 0.204 e. The molecule has 0 aliphatic heterocycles. The van der Waals surface area contributed by atoms with Crippen LogP contribution in [-0.4, -0.2) is 23.6 Å². The van der Waals surface area contributed by atoms with Crippen LogP contribution < -0.4 is 10.2 Å². The van der Waals surface area contributed by atoms with E-state index in [1.807, 2.05) is 25.2 Å². The van der Waals surface area contributed by atoms with Gasteiger partial charge in [0.25, 0.3) is 0 Å². The number of aromatic nitrogens is 2. The molecule has 1 heterocycles. The molecule has 0 saturated carbocycles. The molecule has 0 spiro atoms. The van der Waals surface area contributed by atoms with Gasteiger partial charge < -0.3 is 14.8 Å². The number of nitrogens with zero attached hydrogens (tertiary/aromatic N) is 3. The summed E-state index contributed by atoms with van der Waals surface area (Å²) in [4.78, 5) is 6.45. The van der Waals surface area contributed by atoms with Crippen LogP contribution in [-0.2, 0) is 13.6 Å². The molecule has 0 saturated heterocycles. The lowest BCUT2D eigenvalue weighted by atomic mass is 10.1. The van der Waals surface area contributed by atoms with Gasteiger partial charge in [-0.25, -0.2) is 4.98 Å². The van der Waals surface area contributed by atoms with Crippen molar-refractivity contribution in [1.29, 1.82) is 0 Å². The van der Waals surface area contributed by atoms with E-state index in [0.29, 0.717) is 6.04 Å². The zero-order chi connectivity index (χ0) is 14.7. The van der Waals surface area contributed by atoms with Gasteiger partial charge in [-0.3, -0.25) is 0 Å². The highest BCUT2D eigenvalue weighted by molar-refractivity contribution is 5.31. The Morgan fingerprint density at radius 2 is 2.10 bits per heavy atom. The highest BCUT2D eigenvalue weighted by atomic mass is 15.3. The van der Waals surface area contributed by atoms with Crippen LogP contribution in [0.25, 0.3) is 0 Å². The number of benzene rings is 1. The van der Waals surface area contributed by atoms with Gasteiger partial charge in [0.05, 0.1) is 11.9 Å². The summed E-state index contributed by atoms with van der Waals surface area (Å²) in [5, 5.41) is 3.56. The van der Waals surface area contributed by atoms with Gasteiger partial charge in [-0.05, 0) is 19.4 Å². The third kappa shape index (κ3) is 3.20. The minimum atomic E-state index is 0.326. The van der Waals surface area contributed by atoms with Crippen LogP contribution in [0, 0.1) is 6.92 Å². The van der Waals surface area contributed by atoms with E-state index in [1.165, 1.54) is 16.8 Å². The van der Waals surface area contributed by atoms with E-state index >= 15 is 0 Å². The van der Waals surface area contributed by atoms with Gasteiger partial charge in [-0.2, -0.15) is 0 Å². The zero-order valence-electron chi connectivity index (χ0n) is 13.0. The molecule has 4 heteroatoms. The van der Waals surface area contributed by atoms with Gasteiger partial charge in [0.2, 0.25) is 5.95 Å². The molecule has 1 aromatic carbocycles. The van der Waals surface area contributed by atoms with Crippen LogP contribution in [0.2, 0.25) is 0 Å². The highest BCUT2D eigenvalue weighted by Gasteiger charge is 2.10. The van der Waals surface area contributed by atoms with Crippen molar-refractivity contribution in [3.63, 3.8) is 0 Å². The third-order valence-electron chi connectivity index (χ3n) is 3.59. The second-order valence-corrected chi connectivity index (χ2v) is 5.52. The number of aryl methyl sites for hydroxylation is 1. The molecule has 1 atom stereocenters. The summed E-state index contributed by atoms with van der Waals surface area (Å²) in [6, 6.07) is 8.95. The normalized spacial score (nSPS) is 12.4. The van der Waals surface area contributed by atoms with Crippen molar-refractivity contribution >= 4 is 5.95 Å². The molecule has 0 radical (unpaired) electrons. The molecule has 0 aliphatic rings. The molecule has 0 aliphatic carbocycles. The number of nitrogens with one attached hydrogen (secondary N) is 1. The topological polar surface area (TPSA) is 33.1 Å². The summed E-state index contributed by atoms with van der Waals surface area (Å²) >= 11 is 0. The Balaban J connectivity index is 2.02. The van der Waals surface area contributed by atoms with E-state index in [4.69, 9.17) is 0 Å². The molecule has 1 aromatic heterocycles. The van der Waals surface area contributed by atoms with Crippen LogP contribution in [0.3, 0.4) is 0 Å². The van der Waals surface area contributed by atoms with Crippen molar-refractivity contribution < 1.29 is 0 Å². The van der Waals surface area contributed by atoms with E-state index in [9.17, 15) is 0 Å². The summed E-state index contributed by atoms with van der Waals surface area (Å²) in [5.41, 5.74) is 3.81. The zero-order valence-corrected chi connectivity index (χ0v) is 13.0. The molecule has 4 nitrogen and oxygen atoms in total. The number of hydrogen-bond acceptors (Lipinski definition) is 3. The molecule has 108 valence electrons. The molecule has 1 N–H and O–H groups in total. The quantitative estimate of drug-likeness (QED) is 0.908. The Labute approximate surface area is 121 Å². The molecule has 20 heavy (non-hydrogen) atoms. The molecule has 0 amide bonds. The first-order valence-corrected chi connectivity index (χ1v) is 6.97. The average molecular weight is 272 g/mol. The van der Waals surface area contributed by atoms with E-state index in [1.54, 1.807) is 0 Å². The maximum atomic E-state index is 4.43. The fraction of sp³-hybridized carbons (Fsp3) is 0.438. The van der Waals surface area contributed by atoms with Gasteiger partial charge in [-0.1, -0.05) is 29.8 Å². The molecule has 2 aromatic rings. The standard InChI is InChI=1S/C16H24N4/c1-12-7-6-8-14(9-12)13(2)17-10-15-11-18-16(19(3)4)20(15)5/h6-9,11,13,17H,10H2,1-5H3/t13-/m1/s1. The van der Waals surface area contributed by atoms with Crippen LogP contribution in [0.5, 0.6) is 0 Å². The van der Waals surface area contributed by atoms with Crippen molar-refractivity contribution in [3.05, 3.63) is 47.3 Å². The molecule has 0 unspecified atom stereocenters. The summed E-state index contributed by atoms with van der Waals surface area (Å²) in [6.45, 7) is 5.13. The first-order valence-electron chi connectivity index (χ1n) is 6.97. The second-order valence-electron chi connectivity index (χ2n) is 5.52. The van der Waals surface area contributed by atoms with E-state index in [0.717, 1.165) is 12.5 Å². The van der Waals surface area contributed by atoms with Gasteiger partial charge in [0.1, 0.15) is 0 Å². The van der Waals surface area contributed by atoms with Gasteiger partial charge in [0, 0.05) is 33.7 Å². The third-order valence-corrected chi connectivity index (χ3v) is 3.59. The Kier molecular flexibility index (Phi) is 4.45. The predicted molar refractivity (Wildman–Crippen MR) is 84.0 cm³/mol. The molecular weight excluding hydrogens is 248 g/mol.